The van der Waals surface area contributed by atoms with Crippen LogP contribution < -0.4 is 20.3 Å². The van der Waals surface area contributed by atoms with Crippen molar-refractivity contribution < 1.29 is 23.5 Å². The van der Waals surface area contributed by atoms with Crippen LogP contribution in [0.3, 0.4) is 0 Å². The monoisotopic (exact) mass is 448 g/mol. The molecule has 9 heteroatoms. The van der Waals surface area contributed by atoms with Crippen LogP contribution in [0.25, 0.3) is 0 Å². The molecule has 1 aliphatic heterocycles. The number of hydrogen-bond acceptors (Lipinski definition) is 5. The predicted molar refractivity (Wildman–Crippen MR) is 119 cm³/mol. The minimum Gasteiger partial charge on any atom is -0.439 e. The van der Waals surface area contributed by atoms with E-state index in [1.807, 2.05) is 0 Å². The van der Waals surface area contributed by atoms with Crippen LogP contribution >= 0.6 is 0 Å². The first kappa shape index (κ1) is 21.9. The van der Waals surface area contributed by atoms with E-state index in [9.17, 15) is 18.8 Å². The van der Waals surface area contributed by atoms with Crippen molar-refractivity contribution in [3.63, 3.8) is 0 Å². The number of rotatable bonds is 7. The second kappa shape index (κ2) is 9.90. The zero-order valence-electron chi connectivity index (χ0n) is 17.6. The van der Waals surface area contributed by atoms with Crippen LogP contribution in [-0.2, 0) is 20.9 Å². The average molecular weight is 448 g/mol. The Hall–Kier alpha value is -4.27. The zero-order chi connectivity index (χ0) is 23.2. The lowest BCUT2D eigenvalue weighted by Gasteiger charge is -2.29. The molecule has 8 nitrogen and oxygen atoms in total. The van der Waals surface area contributed by atoms with Gasteiger partial charge in [-0.1, -0.05) is 24.3 Å². The Morgan fingerprint density at radius 2 is 1.94 bits per heavy atom. The fraction of sp³-hybridized carbons (Fsp3) is 0.167. The summed E-state index contributed by atoms with van der Waals surface area (Å²) in [5.41, 5.74) is 1.93. The van der Waals surface area contributed by atoms with E-state index in [1.54, 1.807) is 48.7 Å². The second-order valence-electron chi connectivity index (χ2n) is 7.39. The van der Waals surface area contributed by atoms with Gasteiger partial charge in [0.2, 0.25) is 23.6 Å². The van der Waals surface area contributed by atoms with Gasteiger partial charge in [0.1, 0.15) is 18.1 Å². The van der Waals surface area contributed by atoms with Gasteiger partial charge >= 0.3 is 0 Å². The van der Waals surface area contributed by atoms with E-state index in [-0.39, 0.29) is 43.7 Å². The number of halogens is 1. The molecule has 2 aromatic carbocycles. The first-order chi connectivity index (χ1) is 16.0. The maximum atomic E-state index is 13.2. The van der Waals surface area contributed by atoms with Gasteiger partial charge in [0, 0.05) is 37.7 Å². The van der Waals surface area contributed by atoms with Crippen LogP contribution in [-0.4, -0.2) is 29.3 Å². The summed E-state index contributed by atoms with van der Waals surface area (Å²) in [4.78, 5) is 42.2. The summed E-state index contributed by atoms with van der Waals surface area (Å²) in [5, 5.41) is 5.47. The van der Waals surface area contributed by atoms with E-state index in [0.717, 1.165) is 5.56 Å². The van der Waals surface area contributed by atoms with Crippen LogP contribution in [0, 0.1) is 5.82 Å². The Morgan fingerprint density at radius 3 is 2.73 bits per heavy atom. The number of nitrogens with zero attached hydrogens (tertiary/aromatic N) is 2. The Balaban J connectivity index is 1.25. The molecule has 0 atom stereocenters. The maximum absolute atomic E-state index is 13.2. The molecule has 0 aliphatic carbocycles. The van der Waals surface area contributed by atoms with Crippen molar-refractivity contribution in [2.45, 2.75) is 19.4 Å². The van der Waals surface area contributed by atoms with Crippen molar-refractivity contribution in [2.24, 2.45) is 0 Å². The highest BCUT2D eigenvalue weighted by Crippen LogP contribution is 2.29. The lowest BCUT2D eigenvalue weighted by atomic mass is 10.1. The highest BCUT2D eigenvalue weighted by atomic mass is 19.1. The molecule has 0 fully saturated rings. The number of nitrogens with one attached hydrogen (secondary N) is 2. The van der Waals surface area contributed by atoms with Gasteiger partial charge in [0.15, 0.2) is 0 Å². The topological polar surface area (TPSA) is 101 Å². The molecule has 0 spiro atoms. The SMILES string of the molecule is O=C(CCC(=O)N1CC(=O)Nc2ccccc21)NCc1ccc(Oc2cccc(F)c2)nc1. The number of pyridine rings is 1. The minimum atomic E-state index is -0.405. The first-order valence-corrected chi connectivity index (χ1v) is 10.3. The second-order valence-corrected chi connectivity index (χ2v) is 7.39. The minimum absolute atomic E-state index is 0.00663. The third kappa shape index (κ3) is 5.70. The molecule has 3 aromatic rings. The van der Waals surface area contributed by atoms with Crippen LogP contribution in [0.1, 0.15) is 18.4 Å². The van der Waals surface area contributed by atoms with Gasteiger partial charge in [-0.2, -0.15) is 0 Å². The molecule has 4 rings (SSSR count). The molecule has 0 saturated carbocycles. The summed E-state index contributed by atoms with van der Waals surface area (Å²) in [6.07, 6.45) is 1.52. The summed E-state index contributed by atoms with van der Waals surface area (Å²) in [5.74, 6) is -0.637. The summed E-state index contributed by atoms with van der Waals surface area (Å²) in [6.45, 7) is 0.155. The molecule has 2 heterocycles. The molecule has 0 radical (unpaired) electrons. The van der Waals surface area contributed by atoms with E-state index in [4.69, 9.17) is 4.74 Å². The summed E-state index contributed by atoms with van der Waals surface area (Å²) >= 11 is 0. The van der Waals surface area contributed by atoms with Gasteiger partial charge in [-0.3, -0.25) is 14.4 Å². The van der Waals surface area contributed by atoms with Crippen molar-refractivity contribution >= 4 is 29.1 Å². The van der Waals surface area contributed by atoms with Crippen LogP contribution in [0.2, 0.25) is 0 Å². The van der Waals surface area contributed by atoms with Gasteiger partial charge in [-0.15, -0.1) is 0 Å². The summed E-state index contributed by atoms with van der Waals surface area (Å²) < 4.78 is 18.7. The fourth-order valence-corrected chi connectivity index (χ4v) is 3.33. The van der Waals surface area contributed by atoms with Crippen LogP contribution in [0.5, 0.6) is 11.6 Å². The van der Waals surface area contributed by atoms with E-state index >= 15 is 0 Å². The largest absolute Gasteiger partial charge is 0.439 e. The smallest absolute Gasteiger partial charge is 0.244 e. The molecule has 1 aromatic heterocycles. The Morgan fingerprint density at radius 1 is 1.09 bits per heavy atom. The van der Waals surface area contributed by atoms with Crippen LogP contribution in [0.15, 0.2) is 66.9 Å². The van der Waals surface area contributed by atoms with Gasteiger partial charge in [0.05, 0.1) is 11.4 Å². The lowest BCUT2D eigenvalue weighted by molar-refractivity contribution is -0.125. The molecule has 2 N–H and O–H groups in total. The molecule has 0 saturated heterocycles. The van der Waals surface area contributed by atoms with E-state index < -0.39 is 5.82 Å². The number of ether oxygens (including phenoxy) is 1. The van der Waals surface area contributed by atoms with Gasteiger partial charge in [-0.25, -0.2) is 9.37 Å². The molecule has 0 unspecified atom stereocenters. The fourth-order valence-electron chi connectivity index (χ4n) is 3.33. The van der Waals surface area contributed by atoms with E-state index in [0.29, 0.717) is 23.0 Å². The zero-order valence-corrected chi connectivity index (χ0v) is 17.6. The first-order valence-electron chi connectivity index (χ1n) is 10.3. The number of anilines is 2. The Kier molecular flexibility index (Phi) is 6.58. The van der Waals surface area contributed by atoms with Crippen LogP contribution in [0.4, 0.5) is 15.8 Å². The number of fused-ring (bicyclic) bond motifs is 1. The van der Waals surface area contributed by atoms with E-state index in [1.165, 1.54) is 23.1 Å². The number of carbonyl (C=O) groups excluding carboxylic acids is 3. The summed E-state index contributed by atoms with van der Waals surface area (Å²) in [6, 6.07) is 16.1. The third-order valence-corrected chi connectivity index (χ3v) is 4.94. The van der Waals surface area contributed by atoms with Crippen molar-refractivity contribution in [1.82, 2.24) is 10.3 Å². The predicted octanol–water partition coefficient (Wildman–Crippen LogP) is 3.39. The van der Waals surface area contributed by atoms with Crippen molar-refractivity contribution in [3.8, 4) is 11.6 Å². The molecule has 0 bridgehead atoms. The van der Waals surface area contributed by atoms with Crippen molar-refractivity contribution in [2.75, 3.05) is 16.8 Å². The third-order valence-electron chi connectivity index (χ3n) is 4.94. The van der Waals surface area contributed by atoms with Gasteiger partial charge in [-0.05, 0) is 29.8 Å². The normalized spacial score (nSPS) is 12.5. The highest BCUT2D eigenvalue weighted by molar-refractivity contribution is 6.10. The van der Waals surface area contributed by atoms with E-state index in [2.05, 4.69) is 15.6 Å². The molecule has 1 aliphatic rings. The number of carbonyl (C=O) groups is 3. The highest BCUT2D eigenvalue weighted by Gasteiger charge is 2.26. The molecular formula is C24H21FN4O4. The van der Waals surface area contributed by atoms with Crippen molar-refractivity contribution in [1.29, 1.82) is 0 Å². The van der Waals surface area contributed by atoms with Gasteiger partial charge in [0.25, 0.3) is 0 Å². The number of amides is 3. The summed E-state index contributed by atoms with van der Waals surface area (Å²) in [7, 11) is 0. The number of benzene rings is 2. The molecule has 33 heavy (non-hydrogen) atoms. The molecule has 168 valence electrons. The number of hydrogen-bond donors (Lipinski definition) is 2. The van der Waals surface area contributed by atoms with Gasteiger partial charge < -0.3 is 20.3 Å². The Bertz CT molecular complexity index is 1180. The average Bonchev–Trinajstić information content (AvgIpc) is 2.81. The molecular weight excluding hydrogens is 427 g/mol. The quantitative estimate of drug-likeness (QED) is 0.577. The maximum Gasteiger partial charge on any atom is 0.244 e. The number of para-hydroxylation sites is 2. The lowest BCUT2D eigenvalue weighted by Crippen LogP contribution is -2.42. The van der Waals surface area contributed by atoms with Crippen molar-refractivity contribution in [3.05, 3.63) is 78.2 Å². The number of aromatic nitrogens is 1. The molecule has 3 amide bonds. The Labute approximate surface area is 189 Å². The standard InChI is InChI=1S/C24H21FN4O4/c25-17-4-3-5-18(12-17)33-23-10-8-16(14-27-23)13-26-21(30)9-11-24(32)29-15-22(31)28-19-6-1-2-7-20(19)29/h1-8,10,12,14H,9,11,13,15H2,(H,26,30)(H,28,31).